The second-order valence-electron chi connectivity index (χ2n) is 4.28. The van der Waals surface area contributed by atoms with Crippen LogP contribution in [0.25, 0.3) is 0 Å². The molecule has 4 heteroatoms. The third-order valence-corrected chi connectivity index (χ3v) is 4.57. The van der Waals surface area contributed by atoms with Gasteiger partial charge in [0.05, 0.1) is 0 Å². The van der Waals surface area contributed by atoms with Crippen LogP contribution in [0.1, 0.15) is 27.7 Å². The molecule has 0 bridgehead atoms. The van der Waals surface area contributed by atoms with Gasteiger partial charge in [0.25, 0.3) is 0 Å². The first-order valence-electron chi connectivity index (χ1n) is 5.57. The second-order valence-corrected chi connectivity index (χ2v) is 6.49. The van der Waals surface area contributed by atoms with Crippen LogP contribution in [-0.4, -0.2) is 17.1 Å². The summed E-state index contributed by atoms with van der Waals surface area (Å²) in [6.45, 7) is 7.57. The predicted octanol–water partition coefficient (Wildman–Crippen LogP) is 2.65. The molecule has 1 aromatic carbocycles. The van der Waals surface area contributed by atoms with E-state index in [4.69, 9.17) is 9.05 Å². The van der Waals surface area contributed by atoms with Gasteiger partial charge in [-0.25, -0.2) is 0 Å². The van der Waals surface area contributed by atoms with E-state index in [0.29, 0.717) is 0 Å². The van der Waals surface area contributed by atoms with Gasteiger partial charge in [-0.2, -0.15) is 0 Å². The van der Waals surface area contributed by atoms with Crippen molar-refractivity contribution in [3.05, 3.63) is 30.3 Å². The zero-order valence-corrected chi connectivity index (χ0v) is 11.3. The predicted molar refractivity (Wildman–Crippen MR) is 69.1 cm³/mol. The molecule has 0 aromatic heterocycles. The van der Waals surface area contributed by atoms with Gasteiger partial charge < -0.3 is 0 Å². The molecular formula is C12H21O3P. The fourth-order valence-corrected chi connectivity index (χ4v) is 3.67. The molecule has 0 heterocycles. The molecule has 0 saturated heterocycles. The quantitative estimate of drug-likeness (QED) is 0.809. The van der Waals surface area contributed by atoms with Crippen molar-refractivity contribution in [2.75, 3.05) is 0 Å². The Balaban J connectivity index is 2.95. The molecule has 0 aliphatic carbocycles. The average molecular weight is 244 g/mol. The Labute approximate surface area is 98.0 Å². The van der Waals surface area contributed by atoms with Gasteiger partial charge in [0.1, 0.15) is 0 Å². The molecule has 0 atom stereocenters. The maximum atomic E-state index is 10.5. The summed E-state index contributed by atoms with van der Waals surface area (Å²) in [5.41, 5.74) is 0. The van der Waals surface area contributed by atoms with E-state index in [1.807, 2.05) is 58.0 Å². The van der Waals surface area contributed by atoms with Crippen LogP contribution in [0.4, 0.5) is 0 Å². The molecule has 3 nitrogen and oxygen atoms in total. The monoisotopic (exact) mass is 244 g/mol. The van der Waals surface area contributed by atoms with Crippen molar-refractivity contribution < 1.29 is 13.9 Å². The minimum absolute atomic E-state index is 0.0596. The zero-order valence-electron chi connectivity index (χ0n) is 10.3. The Morgan fingerprint density at radius 1 is 0.938 bits per heavy atom. The van der Waals surface area contributed by atoms with E-state index in [1.54, 1.807) is 0 Å². The molecule has 0 spiro atoms. The Bertz CT molecular complexity index is 301. The van der Waals surface area contributed by atoms with Crippen LogP contribution < -0.4 is 5.30 Å². The van der Waals surface area contributed by atoms with Gasteiger partial charge in [0.2, 0.25) is 0 Å². The topological polar surface area (TPSA) is 38.7 Å². The van der Waals surface area contributed by atoms with Crippen molar-refractivity contribution in [1.29, 1.82) is 0 Å². The van der Waals surface area contributed by atoms with Gasteiger partial charge >= 0.3 is 97.4 Å². The SMILES string of the molecule is CC(C)O[PH](O)(OC(C)C)c1ccccc1. The van der Waals surface area contributed by atoms with E-state index in [0.717, 1.165) is 5.30 Å². The third kappa shape index (κ3) is 3.84. The fourth-order valence-electron chi connectivity index (χ4n) is 1.45. The van der Waals surface area contributed by atoms with Gasteiger partial charge in [0, 0.05) is 0 Å². The van der Waals surface area contributed by atoms with Crippen molar-refractivity contribution >= 4 is 13.2 Å². The van der Waals surface area contributed by atoms with E-state index in [9.17, 15) is 4.89 Å². The molecule has 1 aromatic rings. The zero-order chi connectivity index (χ0) is 12.2. The molecule has 0 radical (unpaired) electrons. The van der Waals surface area contributed by atoms with Crippen LogP contribution >= 0.6 is 7.94 Å². The summed E-state index contributed by atoms with van der Waals surface area (Å²) >= 11 is 0. The summed E-state index contributed by atoms with van der Waals surface area (Å²) in [5, 5.41) is 0.748. The Hall–Kier alpha value is -0.470. The van der Waals surface area contributed by atoms with Crippen molar-refractivity contribution in [2.45, 2.75) is 39.9 Å². The van der Waals surface area contributed by atoms with Crippen molar-refractivity contribution in [1.82, 2.24) is 0 Å². The van der Waals surface area contributed by atoms with Gasteiger partial charge in [0.15, 0.2) is 0 Å². The second kappa shape index (κ2) is 5.74. The van der Waals surface area contributed by atoms with Crippen LogP contribution in [0.5, 0.6) is 0 Å². The van der Waals surface area contributed by atoms with Gasteiger partial charge in [-0.15, -0.1) is 0 Å². The Morgan fingerprint density at radius 3 is 1.75 bits per heavy atom. The molecule has 16 heavy (non-hydrogen) atoms. The first kappa shape index (κ1) is 13.6. The fraction of sp³-hybridized carbons (Fsp3) is 0.500. The summed E-state index contributed by atoms with van der Waals surface area (Å²) < 4.78 is 11.2. The molecule has 0 aliphatic rings. The van der Waals surface area contributed by atoms with Crippen LogP contribution in [0, 0.1) is 0 Å². The Kier molecular flexibility index (Phi) is 4.88. The van der Waals surface area contributed by atoms with E-state index in [2.05, 4.69) is 0 Å². The summed E-state index contributed by atoms with van der Waals surface area (Å²) in [7, 11) is -3.25. The van der Waals surface area contributed by atoms with Crippen molar-refractivity contribution in [3.63, 3.8) is 0 Å². The van der Waals surface area contributed by atoms with Crippen LogP contribution in [-0.2, 0) is 9.05 Å². The van der Waals surface area contributed by atoms with Gasteiger partial charge in [-0.05, 0) is 0 Å². The van der Waals surface area contributed by atoms with Crippen LogP contribution in [0.3, 0.4) is 0 Å². The summed E-state index contributed by atoms with van der Waals surface area (Å²) in [4.78, 5) is 10.5. The standard InChI is InChI=1S/C12H21O3P/c1-10(2)14-16(13,15-11(3)4)12-8-6-5-7-9-12/h5-11,13,16H,1-4H3. The molecule has 0 unspecified atom stereocenters. The maximum absolute atomic E-state index is 10.5. The van der Waals surface area contributed by atoms with E-state index in [-0.39, 0.29) is 12.2 Å². The van der Waals surface area contributed by atoms with Gasteiger partial charge in [-0.3, -0.25) is 0 Å². The normalized spacial score (nSPS) is 13.4. The molecule has 1 rings (SSSR count). The van der Waals surface area contributed by atoms with E-state index >= 15 is 0 Å². The minimum atomic E-state index is -3.25. The molecule has 0 saturated carbocycles. The number of hydrogen-bond acceptors (Lipinski definition) is 3. The molecule has 1 N–H and O–H groups in total. The number of benzene rings is 1. The van der Waals surface area contributed by atoms with E-state index in [1.165, 1.54) is 0 Å². The van der Waals surface area contributed by atoms with Gasteiger partial charge in [-0.1, -0.05) is 0 Å². The third-order valence-electron chi connectivity index (χ3n) is 1.93. The molecular weight excluding hydrogens is 223 g/mol. The van der Waals surface area contributed by atoms with Crippen LogP contribution in [0.15, 0.2) is 30.3 Å². The average Bonchev–Trinajstić information content (AvgIpc) is 2.16. The summed E-state index contributed by atoms with van der Waals surface area (Å²) in [5.74, 6) is 0. The first-order chi connectivity index (χ1) is 7.44. The van der Waals surface area contributed by atoms with Crippen molar-refractivity contribution in [2.24, 2.45) is 0 Å². The van der Waals surface area contributed by atoms with E-state index < -0.39 is 7.94 Å². The first-order valence-corrected chi connectivity index (χ1v) is 7.34. The molecule has 0 aliphatic heterocycles. The van der Waals surface area contributed by atoms with Crippen LogP contribution in [0.2, 0.25) is 0 Å². The van der Waals surface area contributed by atoms with Crippen molar-refractivity contribution in [3.8, 4) is 0 Å². The Morgan fingerprint density at radius 2 is 1.38 bits per heavy atom. The number of rotatable bonds is 5. The molecule has 92 valence electrons. The molecule has 0 amide bonds. The summed E-state index contributed by atoms with van der Waals surface area (Å²) in [6, 6.07) is 9.35. The number of hydrogen-bond donors (Lipinski definition) is 1. The summed E-state index contributed by atoms with van der Waals surface area (Å²) in [6.07, 6.45) is -0.119. The molecule has 0 fully saturated rings.